The molecule has 2 aliphatic heterocycles. The predicted molar refractivity (Wildman–Crippen MR) is 88.9 cm³/mol. The van der Waals surface area contributed by atoms with Crippen molar-refractivity contribution in [3.05, 3.63) is 23.8 Å². The van der Waals surface area contributed by atoms with Crippen molar-refractivity contribution >= 4 is 11.9 Å². The van der Waals surface area contributed by atoms with E-state index in [4.69, 9.17) is 14.2 Å². The molecule has 1 unspecified atom stereocenters. The second kappa shape index (κ2) is 7.31. The number of carbonyl (C=O) groups is 2. The molecule has 1 atom stereocenters. The lowest BCUT2D eigenvalue weighted by Crippen LogP contribution is -2.52. The molecule has 0 aliphatic carbocycles. The van der Waals surface area contributed by atoms with Gasteiger partial charge in [0, 0.05) is 20.2 Å². The molecule has 1 amide bonds. The molecule has 136 valence electrons. The van der Waals surface area contributed by atoms with E-state index in [9.17, 15) is 14.7 Å². The molecule has 2 aliphatic rings. The van der Waals surface area contributed by atoms with E-state index in [2.05, 4.69) is 0 Å². The Kier molecular flexibility index (Phi) is 5.13. The monoisotopic (exact) mass is 349 g/mol. The number of nitrogens with zero attached hydrogens (tertiary/aromatic N) is 1. The van der Waals surface area contributed by atoms with E-state index in [1.54, 1.807) is 11.0 Å². The van der Waals surface area contributed by atoms with E-state index in [0.29, 0.717) is 44.1 Å². The Morgan fingerprint density at radius 3 is 2.76 bits per heavy atom. The Bertz CT molecular complexity index is 657. The summed E-state index contributed by atoms with van der Waals surface area (Å²) in [6.07, 6.45) is 1.38. The number of benzene rings is 1. The van der Waals surface area contributed by atoms with Crippen LogP contribution in [0.25, 0.3) is 0 Å². The maximum Gasteiger partial charge on any atom is 0.313 e. The number of piperidine rings is 1. The van der Waals surface area contributed by atoms with E-state index >= 15 is 0 Å². The first-order chi connectivity index (χ1) is 12.0. The van der Waals surface area contributed by atoms with Crippen molar-refractivity contribution in [2.75, 3.05) is 40.0 Å². The Hall–Kier alpha value is -2.28. The molecule has 0 bridgehead atoms. The molecule has 3 rings (SSSR count). The van der Waals surface area contributed by atoms with Crippen LogP contribution in [-0.4, -0.2) is 61.9 Å². The first-order valence-corrected chi connectivity index (χ1v) is 8.43. The average Bonchev–Trinajstić information content (AvgIpc) is 2.62. The van der Waals surface area contributed by atoms with Gasteiger partial charge in [-0.25, -0.2) is 0 Å². The van der Waals surface area contributed by atoms with E-state index in [0.717, 1.165) is 5.56 Å². The Balaban J connectivity index is 1.69. The van der Waals surface area contributed by atoms with E-state index in [1.807, 2.05) is 12.1 Å². The molecule has 0 saturated carbocycles. The van der Waals surface area contributed by atoms with Crippen LogP contribution in [0.3, 0.4) is 0 Å². The average molecular weight is 349 g/mol. The molecule has 7 heteroatoms. The second-order valence-electron chi connectivity index (χ2n) is 6.59. The van der Waals surface area contributed by atoms with Crippen LogP contribution in [0.1, 0.15) is 18.4 Å². The molecule has 2 heterocycles. The zero-order valence-electron chi connectivity index (χ0n) is 14.3. The van der Waals surface area contributed by atoms with Gasteiger partial charge >= 0.3 is 5.97 Å². The van der Waals surface area contributed by atoms with Crippen molar-refractivity contribution in [1.82, 2.24) is 4.90 Å². The zero-order chi connectivity index (χ0) is 17.9. The van der Waals surface area contributed by atoms with Gasteiger partial charge in [-0.2, -0.15) is 0 Å². The number of likely N-dealkylation sites (tertiary alicyclic amines) is 1. The molecule has 1 saturated heterocycles. The summed E-state index contributed by atoms with van der Waals surface area (Å²) in [6, 6.07) is 5.46. The fourth-order valence-electron chi connectivity index (χ4n) is 3.46. The highest BCUT2D eigenvalue weighted by Gasteiger charge is 2.43. The lowest BCUT2D eigenvalue weighted by atomic mass is 9.80. The first-order valence-electron chi connectivity index (χ1n) is 8.43. The largest absolute Gasteiger partial charge is 0.486 e. The lowest BCUT2D eigenvalue weighted by Gasteiger charge is -2.39. The number of fused-ring (bicyclic) bond motifs is 1. The lowest BCUT2D eigenvalue weighted by molar-refractivity contribution is -0.159. The standard InChI is InChI=1S/C18H23NO6/c1-23-12-18(17(21)22)5-2-6-19(11-18)16(20)10-13-3-4-14-15(9-13)25-8-7-24-14/h3-4,9H,2,5-8,10-12H2,1H3,(H,21,22). The van der Waals surface area contributed by atoms with Crippen LogP contribution in [0.4, 0.5) is 0 Å². The highest BCUT2D eigenvalue weighted by Crippen LogP contribution is 2.33. The molecule has 1 fully saturated rings. The SMILES string of the molecule is COCC1(C(=O)O)CCCN(C(=O)Cc2ccc3c(c2)OCCO3)C1. The van der Waals surface area contributed by atoms with Gasteiger partial charge in [-0.05, 0) is 30.5 Å². The van der Waals surface area contributed by atoms with Gasteiger partial charge in [0.25, 0.3) is 0 Å². The molecule has 1 aromatic rings. The van der Waals surface area contributed by atoms with Crippen LogP contribution in [0.15, 0.2) is 18.2 Å². The zero-order valence-corrected chi connectivity index (χ0v) is 14.3. The number of carboxylic acids is 1. The predicted octanol–water partition coefficient (Wildman–Crippen LogP) is 1.34. The van der Waals surface area contributed by atoms with Crippen LogP contribution in [0, 0.1) is 5.41 Å². The van der Waals surface area contributed by atoms with Crippen molar-refractivity contribution in [2.24, 2.45) is 5.41 Å². The van der Waals surface area contributed by atoms with Crippen LogP contribution >= 0.6 is 0 Å². The molecule has 0 radical (unpaired) electrons. The number of ether oxygens (including phenoxy) is 3. The molecule has 0 aromatic heterocycles. The highest BCUT2D eigenvalue weighted by molar-refractivity contribution is 5.81. The number of rotatable bonds is 5. The minimum absolute atomic E-state index is 0.0851. The third kappa shape index (κ3) is 3.71. The smallest absolute Gasteiger partial charge is 0.313 e. The van der Waals surface area contributed by atoms with Crippen LogP contribution in [0.2, 0.25) is 0 Å². The summed E-state index contributed by atoms with van der Waals surface area (Å²) in [6.45, 7) is 1.88. The number of hydrogen-bond acceptors (Lipinski definition) is 5. The van der Waals surface area contributed by atoms with Gasteiger partial charge in [-0.1, -0.05) is 6.07 Å². The van der Waals surface area contributed by atoms with Gasteiger partial charge in [0.1, 0.15) is 18.6 Å². The minimum atomic E-state index is -1.02. The summed E-state index contributed by atoms with van der Waals surface area (Å²) < 4.78 is 16.1. The third-order valence-electron chi connectivity index (χ3n) is 4.77. The Morgan fingerprint density at radius 2 is 2.04 bits per heavy atom. The van der Waals surface area contributed by atoms with Gasteiger partial charge < -0.3 is 24.2 Å². The number of methoxy groups -OCH3 is 1. The molecule has 0 spiro atoms. The Morgan fingerprint density at radius 1 is 1.28 bits per heavy atom. The van der Waals surface area contributed by atoms with E-state index < -0.39 is 11.4 Å². The van der Waals surface area contributed by atoms with Crippen LogP contribution in [0.5, 0.6) is 11.5 Å². The molecule has 25 heavy (non-hydrogen) atoms. The molecule has 1 aromatic carbocycles. The minimum Gasteiger partial charge on any atom is -0.486 e. The first kappa shape index (κ1) is 17.5. The van der Waals surface area contributed by atoms with Crippen LogP contribution in [-0.2, 0) is 20.7 Å². The molecule has 1 N–H and O–H groups in total. The van der Waals surface area contributed by atoms with Gasteiger partial charge in [0.05, 0.1) is 13.0 Å². The van der Waals surface area contributed by atoms with Gasteiger partial charge in [0.15, 0.2) is 11.5 Å². The van der Waals surface area contributed by atoms with Gasteiger partial charge in [-0.3, -0.25) is 9.59 Å². The van der Waals surface area contributed by atoms with Gasteiger partial charge in [0.2, 0.25) is 5.91 Å². The fraction of sp³-hybridized carbons (Fsp3) is 0.556. The number of aliphatic carboxylic acids is 1. The third-order valence-corrected chi connectivity index (χ3v) is 4.77. The number of carboxylic acid groups (broad SMARTS) is 1. The fourth-order valence-corrected chi connectivity index (χ4v) is 3.46. The summed E-state index contributed by atoms with van der Waals surface area (Å²) >= 11 is 0. The van der Waals surface area contributed by atoms with Crippen molar-refractivity contribution in [3.63, 3.8) is 0 Å². The summed E-state index contributed by atoms with van der Waals surface area (Å²) in [4.78, 5) is 26.0. The maximum atomic E-state index is 12.7. The summed E-state index contributed by atoms with van der Waals surface area (Å²) in [5.74, 6) is 0.337. The summed E-state index contributed by atoms with van der Waals surface area (Å²) in [7, 11) is 1.49. The van der Waals surface area contributed by atoms with Crippen molar-refractivity contribution in [3.8, 4) is 11.5 Å². The topological polar surface area (TPSA) is 85.3 Å². The van der Waals surface area contributed by atoms with Gasteiger partial charge in [-0.15, -0.1) is 0 Å². The molecular weight excluding hydrogens is 326 g/mol. The van der Waals surface area contributed by atoms with Crippen molar-refractivity contribution in [2.45, 2.75) is 19.3 Å². The number of amides is 1. The second-order valence-corrected chi connectivity index (χ2v) is 6.59. The number of hydrogen-bond donors (Lipinski definition) is 1. The Labute approximate surface area is 146 Å². The van der Waals surface area contributed by atoms with Crippen molar-refractivity contribution in [1.29, 1.82) is 0 Å². The summed E-state index contributed by atoms with van der Waals surface area (Å²) in [5, 5.41) is 9.59. The van der Waals surface area contributed by atoms with Crippen LogP contribution < -0.4 is 9.47 Å². The maximum absolute atomic E-state index is 12.7. The number of carbonyl (C=O) groups excluding carboxylic acids is 1. The quantitative estimate of drug-likeness (QED) is 0.863. The van der Waals surface area contributed by atoms with E-state index in [-0.39, 0.29) is 25.5 Å². The van der Waals surface area contributed by atoms with E-state index in [1.165, 1.54) is 7.11 Å². The normalized spacial score (nSPS) is 22.5. The highest BCUT2D eigenvalue weighted by atomic mass is 16.6. The molecular formula is C18H23NO6. The molecule has 7 nitrogen and oxygen atoms in total. The van der Waals surface area contributed by atoms with Crippen molar-refractivity contribution < 1.29 is 28.9 Å². The summed E-state index contributed by atoms with van der Waals surface area (Å²) in [5.41, 5.74) is -0.192.